The Morgan fingerprint density at radius 2 is 1.93 bits per heavy atom. The molecule has 0 bridgehead atoms. The molecule has 0 saturated carbocycles. The third-order valence-electron chi connectivity index (χ3n) is 4.46. The summed E-state index contributed by atoms with van der Waals surface area (Å²) in [5.74, 6) is 0.608. The van der Waals surface area contributed by atoms with Gasteiger partial charge in [0.05, 0.1) is 12.9 Å². The topological polar surface area (TPSA) is 51.5 Å². The number of carbonyl (C=O) groups is 1. The van der Waals surface area contributed by atoms with E-state index in [1.165, 1.54) is 5.56 Å². The van der Waals surface area contributed by atoms with Crippen molar-refractivity contribution in [3.63, 3.8) is 0 Å². The second-order valence-electron chi connectivity index (χ2n) is 6.51. The summed E-state index contributed by atoms with van der Waals surface area (Å²) >= 11 is 0. The molecule has 1 amide bonds. The van der Waals surface area contributed by atoms with Crippen LogP contribution in [0.2, 0.25) is 0 Å². The number of hydrogen-bond acceptors (Lipinski definition) is 3. The quantitative estimate of drug-likeness (QED) is 0.601. The highest BCUT2D eigenvalue weighted by atomic mass is 16.5. The highest BCUT2D eigenvalue weighted by Gasteiger charge is 2.15. The Morgan fingerprint density at radius 1 is 1.19 bits per heavy atom. The predicted molar refractivity (Wildman–Crippen MR) is 110 cm³/mol. The van der Waals surface area contributed by atoms with Gasteiger partial charge in [0.1, 0.15) is 11.3 Å². The number of ether oxygens (including phenoxy) is 1. The number of amides is 1. The molecule has 0 radical (unpaired) electrons. The first-order valence-corrected chi connectivity index (χ1v) is 9.25. The highest BCUT2D eigenvalue weighted by Crippen LogP contribution is 2.37. The molecule has 4 nitrogen and oxygen atoms in total. The average Bonchev–Trinajstić information content (AvgIpc) is 3.05. The van der Waals surface area contributed by atoms with E-state index >= 15 is 0 Å². The number of benzene rings is 2. The Labute approximate surface area is 159 Å². The second kappa shape index (κ2) is 8.12. The second-order valence-corrected chi connectivity index (χ2v) is 6.51. The molecule has 3 aromatic rings. The molecule has 0 aliphatic rings. The van der Waals surface area contributed by atoms with Gasteiger partial charge in [-0.1, -0.05) is 29.8 Å². The molecule has 27 heavy (non-hydrogen) atoms. The lowest BCUT2D eigenvalue weighted by Gasteiger charge is -2.11. The van der Waals surface area contributed by atoms with Crippen LogP contribution in [0, 0.1) is 6.92 Å². The number of rotatable bonds is 6. The molecule has 0 aliphatic heterocycles. The lowest BCUT2D eigenvalue weighted by Crippen LogP contribution is -2.20. The summed E-state index contributed by atoms with van der Waals surface area (Å²) in [6, 6.07) is 12.3. The molecule has 0 atom stereocenters. The zero-order valence-corrected chi connectivity index (χ0v) is 16.3. The summed E-state index contributed by atoms with van der Waals surface area (Å²) in [7, 11) is 0. The summed E-state index contributed by atoms with van der Waals surface area (Å²) in [4.78, 5) is 12.0. The van der Waals surface area contributed by atoms with Crippen molar-refractivity contribution in [3.8, 4) is 16.9 Å². The van der Waals surface area contributed by atoms with Gasteiger partial charge >= 0.3 is 0 Å². The normalized spacial score (nSPS) is 11.6. The van der Waals surface area contributed by atoms with Crippen LogP contribution in [0.5, 0.6) is 5.75 Å². The van der Waals surface area contributed by atoms with Gasteiger partial charge in [0.2, 0.25) is 5.91 Å². The van der Waals surface area contributed by atoms with Crippen molar-refractivity contribution in [2.24, 2.45) is 0 Å². The maximum absolute atomic E-state index is 12.0. The smallest absolute Gasteiger partial charge is 0.244 e. The fourth-order valence-electron chi connectivity index (χ4n) is 3.09. The minimum atomic E-state index is -0.108. The molecule has 1 aromatic heterocycles. The Balaban J connectivity index is 2.13. The Kier molecular flexibility index (Phi) is 5.65. The van der Waals surface area contributed by atoms with Crippen LogP contribution in [-0.4, -0.2) is 19.1 Å². The molecule has 0 spiro atoms. The van der Waals surface area contributed by atoms with Gasteiger partial charge in [-0.15, -0.1) is 0 Å². The third kappa shape index (κ3) is 4.05. The van der Waals surface area contributed by atoms with Gasteiger partial charge in [0.15, 0.2) is 0 Å². The van der Waals surface area contributed by atoms with Crippen molar-refractivity contribution in [3.05, 3.63) is 59.9 Å². The number of nitrogens with one attached hydrogen (secondary N) is 1. The summed E-state index contributed by atoms with van der Waals surface area (Å²) in [5.41, 5.74) is 5.85. The lowest BCUT2D eigenvalue weighted by atomic mass is 9.99. The van der Waals surface area contributed by atoms with Crippen molar-refractivity contribution in [1.82, 2.24) is 5.32 Å². The van der Waals surface area contributed by atoms with Crippen LogP contribution in [0.4, 0.5) is 0 Å². The molecule has 1 heterocycles. The van der Waals surface area contributed by atoms with Crippen molar-refractivity contribution in [2.75, 3.05) is 13.2 Å². The Bertz CT molecular complexity index is 981. The summed E-state index contributed by atoms with van der Waals surface area (Å²) in [6.07, 6.45) is 3.39. The zero-order valence-electron chi connectivity index (χ0n) is 16.3. The lowest BCUT2D eigenvalue weighted by molar-refractivity contribution is -0.116. The van der Waals surface area contributed by atoms with E-state index in [-0.39, 0.29) is 5.91 Å². The monoisotopic (exact) mass is 363 g/mol. The van der Waals surface area contributed by atoms with Crippen molar-refractivity contribution < 1.29 is 13.9 Å². The van der Waals surface area contributed by atoms with E-state index in [4.69, 9.17) is 9.15 Å². The standard InChI is InChI=1S/C23H25NO3/c1-5-24-23(25)11-16(4)18-12-19-20(17-9-7-15(3)8-10-17)14-27-22(19)13-21(18)26-6-2/h7-14H,5-6H2,1-4H3,(H,24,25)/b16-11+. The number of likely N-dealkylation sites (N-methyl/N-ethyl adjacent to an activating group) is 1. The molecule has 3 rings (SSSR count). The fourth-order valence-corrected chi connectivity index (χ4v) is 3.09. The van der Waals surface area contributed by atoms with E-state index in [1.807, 2.05) is 32.9 Å². The maximum Gasteiger partial charge on any atom is 0.244 e. The largest absolute Gasteiger partial charge is 0.493 e. The first-order valence-electron chi connectivity index (χ1n) is 9.25. The van der Waals surface area contributed by atoms with Crippen LogP contribution in [-0.2, 0) is 4.79 Å². The zero-order chi connectivity index (χ0) is 19.4. The molecule has 140 valence electrons. The highest BCUT2D eigenvalue weighted by molar-refractivity contribution is 6.00. The number of furan rings is 1. The molecule has 2 aromatic carbocycles. The molecular weight excluding hydrogens is 338 g/mol. The number of allylic oxidation sites excluding steroid dienone is 1. The van der Waals surface area contributed by atoms with Gasteiger partial charge in [-0.25, -0.2) is 0 Å². The summed E-state index contributed by atoms with van der Waals surface area (Å²) < 4.78 is 11.6. The van der Waals surface area contributed by atoms with Gasteiger partial charge in [0.25, 0.3) is 0 Å². The van der Waals surface area contributed by atoms with E-state index in [0.29, 0.717) is 18.9 Å². The number of fused-ring (bicyclic) bond motifs is 1. The molecular formula is C23H25NO3. The maximum atomic E-state index is 12.0. The molecule has 0 unspecified atom stereocenters. The van der Waals surface area contributed by atoms with Gasteiger partial charge in [-0.05, 0) is 44.9 Å². The number of hydrogen-bond donors (Lipinski definition) is 1. The predicted octanol–water partition coefficient (Wildman–Crippen LogP) is 5.35. The molecule has 4 heteroatoms. The molecule has 0 fully saturated rings. The van der Waals surface area contributed by atoms with E-state index < -0.39 is 0 Å². The SMILES string of the molecule is CCNC(=O)/C=C(\C)c1cc2c(-c3ccc(C)cc3)coc2cc1OCC. The van der Waals surface area contributed by atoms with Crippen molar-refractivity contribution in [2.45, 2.75) is 27.7 Å². The number of aryl methyl sites for hydroxylation is 1. The number of carbonyl (C=O) groups excluding carboxylic acids is 1. The first-order chi connectivity index (χ1) is 13.0. The van der Waals surface area contributed by atoms with Gasteiger partial charge in [-0.2, -0.15) is 0 Å². The minimum Gasteiger partial charge on any atom is -0.493 e. The van der Waals surface area contributed by atoms with Crippen LogP contribution in [0.25, 0.3) is 27.7 Å². The van der Waals surface area contributed by atoms with E-state index in [0.717, 1.165) is 33.2 Å². The molecule has 0 aliphatic carbocycles. The Morgan fingerprint density at radius 3 is 2.59 bits per heavy atom. The molecule has 0 saturated heterocycles. The van der Waals surface area contributed by atoms with Gasteiger partial charge < -0.3 is 14.5 Å². The van der Waals surface area contributed by atoms with E-state index in [2.05, 4.69) is 36.5 Å². The Hall–Kier alpha value is -3.01. The van der Waals surface area contributed by atoms with Crippen molar-refractivity contribution in [1.29, 1.82) is 0 Å². The van der Waals surface area contributed by atoms with Crippen LogP contribution in [0.3, 0.4) is 0 Å². The van der Waals surface area contributed by atoms with Crippen molar-refractivity contribution >= 4 is 22.4 Å². The van der Waals surface area contributed by atoms with Crippen LogP contribution < -0.4 is 10.1 Å². The fraction of sp³-hybridized carbons (Fsp3) is 0.261. The summed E-state index contributed by atoms with van der Waals surface area (Å²) in [6.45, 7) is 8.97. The third-order valence-corrected chi connectivity index (χ3v) is 4.46. The van der Waals surface area contributed by atoms with Gasteiger partial charge in [-0.3, -0.25) is 4.79 Å². The van der Waals surface area contributed by atoms with Crippen LogP contribution in [0.1, 0.15) is 31.9 Å². The first kappa shape index (κ1) is 18.8. The van der Waals surface area contributed by atoms with Crippen LogP contribution >= 0.6 is 0 Å². The minimum absolute atomic E-state index is 0.108. The van der Waals surface area contributed by atoms with E-state index in [9.17, 15) is 4.79 Å². The average molecular weight is 363 g/mol. The van der Waals surface area contributed by atoms with Crippen LogP contribution in [0.15, 0.2) is 53.2 Å². The summed E-state index contributed by atoms with van der Waals surface area (Å²) in [5, 5.41) is 3.80. The molecule has 1 N–H and O–H groups in total. The van der Waals surface area contributed by atoms with E-state index in [1.54, 1.807) is 12.3 Å². The van der Waals surface area contributed by atoms with Gasteiger partial charge in [0, 0.05) is 35.2 Å².